The number of nitrogens with one attached hydrogen (secondary N) is 2. The first-order chi connectivity index (χ1) is 8.77. The van der Waals surface area contributed by atoms with Crippen molar-refractivity contribution in [3.05, 3.63) is 59.7 Å². The third kappa shape index (κ3) is 4.49. The molecule has 0 unspecified atom stereocenters. The van der Waals surface area contributed by atoms with E-state index in [4.69, 9.17) is 0 Å². The predicted octanol–water partition coefficient (Wildman–Crippen LogP) is 4.25. The Morgan fingerprint density at radius 1 is 0.684 bits per heavy atom. The highest BCUT2D eigenvalue weighted by molar-refractivity contribution is 5.85. The maximum Gasteiger partial charge on any atom is 0.0370 e. The molecule has 0 fully saturated rings. The van der Waals surface area contributed by atoms with Crippen molar-refractivity contribution in [3.8, 4) is 0 Å². The minimum Gasteiger partial charge on any atom is -0.383 e. The fourth-order valence-corrected chi connectivity index (χ4v) is 1.94. The lowest BCUT2D eigenvalue weighted by Gasteiger charge is -2.12. The summed E-state index contributed by atoms with van der Waals surface area (Å²) in [5.74, 6) is 0. The number of hydrogen-bond acceptors (Lipinski definition) is 2. The zero-order valence-electron chi connectivity index (χ0n) is 11.4. The van der Waals surface area contributed by atoms with Gasteiger partial charge in [0.2, 0.25) is 0 Å². The van der Waals surface area contributed by atoms with Gasteiger partial charge in [0, 0.05) is 24.5 Å². The van der Waals surface area contributed by atoms with Crippen LogP contribution in [0.2, 0.25) is 0 Å². The number of anilines is 2. The zero-order valence-corrected chi connectivity index (χ0v) is 12.3. The van der Waals surface area contributed by atoms with Crippen LogP contribution in [0.5, 0.6) is 0 Å². The van der Waals surface area contributed by atoms with Crippen LogP contribution in [0.25, 0.3) is 0 Å². The molecule has 0 aromatic heterocycles. The largest absolute Gasteiger partial charge is 0.383 e. The molecule has 0 spiro atoms. The van der Waals surface area contributed by atoms with Gasteiger partial charge >= 0.3 is 0 Å². The van der Waals surface area contributed by atoms with Crippen molar-refractivity contribution in [2.24, 2.45) is 0 Å². The van der Waals surface area contributed by atoms with Crippen molar-refractivity contribution in [2.45, 2.75) is 13.8 Å². The van der Waals surface area contributed by atoms with Crippen LogP contribution in [0.15, 0.2) is 48.5 Å². The van der Waals surface area contributed by atoms with Crippen LogP contribution in [0, 0.1) is 13.8 Å². The van der Waals surface area contributed by atoms with Gasteiger partial charge in [-0.25, -0.2) is 0 Å². The highest BCUT2D eigenvalue weighted by atomic mass is 35.5. The van der Waals surface area contributed by atoms with Gasteiger partial charge in [-0.15, -0.1) is 12.4 Å². The Kier molecular flexibility index (Phi) is 6.23. The summed E-state index contributed by atoms with van der Waals surface area (Å²) in [4.78, 5) is 0. The molecule has 2 aromatic carbocycles. The first-order valence-corrected chi connectivity index (χ1v) is 6.36. The van der Waals surface area contributed by atoms with E-state index in [2.05, 4.69) is 73.0 Å². The summed E-state index contributed by atoms with van der Waals surface area (Å²) in [5, 5.41) is 6.88. The molecule has 0 saturated carbocycles. The molecular weight excluding hydrogens is 256 g/mol. The lowest BCUT2D eigenvalue weighted by atomic mass is 10.2. The van der Waals surface area contributed by atoms with E-state index in [-0.39, 0.29) is 12.4 Å². The Morgan fingerprint density at radius 3 is 1.42 bits per heavy atom. The standard InChI is InChI=1S/C16H20N2.ClH/c1-13-7-3-5-9-15(13)17-11-12-18-16-10-6-4-8-14(16)2;/h3-10,17-18H,11-12H2,1-2H3;1H. The van der Waals surface area contributed by atoms with Crippen LogP contribution in [0.4, 0.5) is 11.4 Å². The van der Waals surface area contributed by atoms with Gasteiger partial charge in [0.25, 0.3) is 0 Å². The first-order valence-electron chi connectivity index (χ1n) is 6.36. The molecular formula is C16H21ClN2. The van der Waals surface area contributed by atoms with Gasteiger partial charge in [0.15, 0.2) is 0 Å². The second kappa shape index (κ2) is 7.70. The molecule has 2 rings (SSSR count). The lowest BCUT2D eigenvalue weighted by Crippen LogP contribution is -2.14. The molecule has 0 aliphatic rings. The van der Waals surface area contributed by atoms with Crippen LogP contribution in [-0.2, 0) is 0 Å². The van der Waals surface area contributed by atoms with Crippen LogP contribution in [0.1, 0.15) is 11.1 Å². The van der Waals surface area contributed by atoms with Gasteiger partial charge in [0.05, 0.1) is 0 Å². The summed E-state index contributed by atoms with van der Waals surface area (Å²) in [5.41, 5.74) is 5.00. The highest BCUT2D eigenvalue weighted by Gasteiger charge is 1.97. The van der Waals surface area contributed by atoms with E-state index in [9.17, 15) is 0 Å². The molecule has 0 saturated heterocycles. The number of para-hydroxylation sites is 2. The minimum absolute atomic E-state index is 0. The predicted molar refractivity (Wildman–Crippen MR) is 86.6 cm³/mol. The maximum absolute atomic E-state index is 3.44. The first kappa shape index (κ1) is 15.4. The highest BCUT2D eigenvalue weighted by Crippen LogP contribution is 2.14. The SMILES string of the molecule is Cc1ccccc1NCCNc1ccccc1C.Cl. The van der Waals surface area contributed by atoms with Crippen molar-refractivity contribution in [1.82, 2.24) is 0 Å². The summed E-state index contributed by atoms with van der Waals surface area (Å²) in [6.07, 6.45) is 0. The second-order valence-electron chi connectivity index (χ2n) is 4.48. The average Bonchev–Trinajstić information content (AvgIpc) is 2.38. The van der Waals surface area contributed by atoms with Crippen molar-refractivity contribution < 1.29 is 0 Å². The average molecular weight is 277 g/mol. The molecule has 2 N–H and O–H groups in total. The summed E-state index contributed by atoms with van der Waals surface area (Å²) < 4.78 is 0. The topological polar surface area (TPSA) is 24.1 Å². The molecule has 0 aliphatic heterocycles. The molecule has 0 bridgehead atoms. The quantitative estimate of drug-likeness (QED) is 0.798. The van der Waals surface area contributed by atoms with Crippen LogP contribution >= 0.6 is 12.4 Å². The number of aryl methyl sites for hydroxylation is 2. The molecule has 0 atom stereocenters. The van der Waals surface area contributed by atoms with Crippen molar-refractivity contribution in [1.29, 1.82) is 0 Å². The van der Waals surface area contributed by atoms with E-state index in [0.717, 1.165) is 13.1 Å². The molecule has 3 heteroatoms. The zero-order chi connectivity index (χ0) is 12.8. The van der Waals surface area contributed by atoms with Crippen molar-refractivity contribution >= 4 is 23.8 Å². The Morgan fingerprint density at radius 2 is 1.05 bits per heavy atom. The van der Waals surface area contributed by atoms with Gasteiger partial charge in [-0.3, -0.25) is 0 Å². The van der Waals surface area contributed by atoms with E-state index >= 15 is 0 Å². The van der Waals surface area contributed by atoms with Crippen LogP contribution in [0.3, 0.4) is 0 Å². The Hall–Kier alpha value is -1.67. The molecule has 0 radical (unpaired) electrons. The maximum atomic E-state index is 3.44. The monoisotopic (exact) mass is 276 g/mol. The van der Waals surface area contributed by atoms with Crippen molar-refractivity contribution in [3.63, 3.8) is 0 Å². The molecule has 2 aromatic rings. The van der Waals surface area contributed by atoms with E-state index in [1.807, 2.05) is 0 Å². The van der Waals surface area contributed by atoms with Crippen molar-refractivity contribution in [2.75, 3.05) is 23.7 Å². The Labute approximate surface area is 121 Å². The van der Waals surface area contributed by atoms with E-state index in [1.54, 1.807) is 0 Å². The molecule has 102 valence electrons. The van der Waals surface area contributed by atoms with E-state index < -0.39 is 0 Å². The smallest absolute Gasteiger partial charge is 0.0370 e. The Balaban J connectivity index is 0.00000180. The van der Waals surface area contributed by atoms with Gasteiger partial charge < -0.3 is 10.6 Å². The summed E-state index contributed by atoms with van der Waals surface area (Å²) in [7, 11) is 0. The molecule has 0 amide bonds. The second-order valence-corrected chi connectivity index (χ2v) is 4.48. The van der Waals surface area contributed by atoms with E-state index in [1.165, 1.54) is 22.5 Å². The van der Waals surface area contributed by atoms with Crippen LogP contribution < -0.4 is 10.6 Å². The van der Waals surface area contributed by atoms with Gasteiger partial charge in [-0.05, 0) is 37.1 Å². The summed E-state index contributed by atoms with van der Waals surface area (Å²) >= 11 is 0. The lowest BCUT2D eigenvalue weighted by molar-refractivity contribution is 1.07. The van der Waals surface area contributed by atoms with Crippen LogP contribution in [-0.4, -0.2) is 13.1 Å². The fraction of sp³-hybridized carbons (Fsp3) is 0.250. The third-order valence-electron chi connectivity index (χ3n) is 3.05. The molecule has 0 aliphatic carbocycles. The molecule has 19 heavy (non-hydrogen) atoms. The fourth-order valence-electron chi connectivity index (χ4n) is 1.94. The number of rotatable bonds is 5. The van der Waals surface area contributed by atoms with Gasteiger partial charge in [0.1, 0.15) is 0 Å². The normalized spacial score (nSPS) is 9.58. The minimum atomic E-state index is 0. The third-order valence-corrected chi connectivity index (χ3v) is 3.05. The number of hydrogen-bond donors (Lipinski definition) is 2. The van der Waals surface area contributed by atoms with Gasteiger partial charge in [-0.1, -0.05) is 36.4 Å². The summed E-state index contributed by atoms with van der Waals surface area (Å²) in [6, 6.07) is 16.7. The molecule has 2 nitrogen and oxygen atoms in total. The molecule has 0 heterocycles. The van der Waals surface area contributed by atoms with E-state index in [0.29, 0.717) is 0 Å². The number of benzene rings is 2. The number of halogens is 1. The Bertz CT molecular complexity index is 464. The van der Waals surface area contributed by atoms with Gasteiger partial charge in [-0.2, -0.15) is 0 Å². The summed E-state index contributed by atoms with van der Waals surface area (Å²) in [6.45, 7) is 6.08.